The highest BCUT2D eigenvalue weighted by Gasteiger charge is 2.33. The smallest absolute Gasteiger partial charge is 0.342 e. The van der Waals surface area contributed by atoms with Gasteiger partial charge in [-0.05, 0) is 66.2 Å². The van der Waals surface area contributed by atoms with E-state index in [1.54, 1.807) is 76.1 Å². The van der Waals surface area contributed by atoms with Crippen LogP contribution < -0.4 is 26.2 Å². The van der Waals surface area contributed by atoms with Gasteiger partial charge in [0.05, 0.1) is 50.7 Å². The largest absolute Gasteiger partial charge is 0.465 e. The number of carbonyl (C=O) groups is 2. The average molecular weight is 937 g/mol. The molecule has 0 amide bonds. The van der Waals surface area contributed by atoms with Crippen molar-refractivity contribution in [1.29, 1.82) is 0 Å². The predicted octanol–water partition coefficient (Wildman–Crippen LogP) is 5.76. The summed E-state index contributed by atoms with van der Waals surface area (Å²) in [6.45, 7) is 13.2. The molecule has 6 atom stereocenters. The number of esters is 2. The van der Waals surface area contributed by atoms with Crippen LogP contribution in [0.25, 0.3) is 22.3 Å². The van der Waals surface area contributed by atoms with Gasteiger partial charge >= 0.3 is 19.5 Å². The molecule has 6 aromatic rings. The lowest BCUT2D eigenvalue weighted by atomic mass is 10.2. The number of ether oxygens (including phenoxy) is 4. The zero-order valence-electron chi connectivity index (χ0n) is 37.5. The fourth-order valence-electron chi connectivity index (χ4n) is 6.30. The second-order valence-electron chi connectivity index (χ2n) is 15.4. The molecule has 350 valence electrons. The summed E-state index contributed by atoms with van der Waals surface area (Å²) in [6, 6.07) is 16.6. The van der Waals surface area contributed by atoms with Gasteiger partial charge in [-0.1, -0.05) is 48.5 Å². The minimum atomic E-state index is -3.64. The molecule has 0 saturated carbocycles. The summed E-state index contributed by atoms with van der Waals surface area (Å²) in [5, 5.41) is 5.75. The van der Waals surface area contributed by atoms with Gasteiger partial charge in [-0.3, -0.25) is 19.2 Å². The first-order chi connectivity index (χ1) is 31.0. The fourth-order valence-corrected chi connectivity index (χ4v) is 10.5. The van der Waals surface area contributed by atoms with E-state index >= 15 is 0 Å². The van der Waals surface area contributed by atoms with Crippen molar-refractivity contribution >= 4 is 60.7 Å². The van der Waals surface area contributed by atoms with Gasteiger partial charge < -0.3 is 48.6 Å². The first-order valence-electron chi connectivity index (χ1n) is 20.9. The molecule has 0 aliphatic heterocycles. The van der Waals surface area contributed by atoms with Crippen molar-refractivity contribution in [2.45, 2.75) is 98.1 Å². The number of carbonyl (C=O) groups excluding carboxylic acids is 2. The second kappa shape index (κ2) is 23.4. The van der Waals surface area contributed by atoms with Crippen LogP contribution in [0.2, 0.25) is 0 Å². The van der Waals surface area contributed by atoms with Crippen LogP contribution in [0.5, 0.6) is 5.75 Å². The Hall–Kier alpha value is -5.82. The van der Waals surface area contributed by atoms with Crippen molar-refractivity contribution in [2.75, 3.05) is 30.8 Å². The van der Waals surface area contributed by atoms with Crippen LogP contribution in [0.15, 0.2) is 86.0 Å². The van der Waals surface area contributed by atoms with E-state index in [4.69, 9.17) is 34.9 Å². The number of aromatic nitrogens is 8. The summed E-state index contributed by atoms with van der Waals surface area (Å²) in [5.74, 6) is 0.0151. The van der Waals surface area contributed by atoms with E-state index in [-0.39, 0.29) is 43.8 Å². The Morgan fingerprint density at radius 3 is 1.71 bits per heavy atom. The summed E-state index contributed by atoms with van der Waals surface area (Å²) in [5.41, 5.74) is 14.8. The number of nitrogens with two attached hydrogens (primary N) is 2. The molecule has 0 aliphatic carbocycles. The number of para-hydroxylation sites is 1. The first-order valence-corrected chi connectivity index (χ1v) is 24.8. The topological polar surface area (TPSA) is 278 Å². The number of nitrogens with zero attached hydrogens (tertiary/aromatic N) is 8. The van der Waals surface area contributed by atoms with E-state index in [9.17, 15) is 18.7 Å². The molecular weight excluding hydrogens is 878 g/mol. The lowest BCUT2D eigenvalue weighted by molar-refractivity contribution is -0.149. The Bertz CT molecular complexity index is 2560. The molecule has 4 heterocycles. The van der Waals surface area contributed by atoms with Gasteiger partial charge in [0.25, 0.3) is 0 Å². The van der Waals surface area contributed by atoms with Gasteiger partial charge in [-0.25, -0.2) is 35.0 Å². The third kappa shape index (κ3) is 14.9. The van der Waals surface area contributed by atoms with Crippen LogP contribution in [-0.4, -0.2) is 101 Å². The van der Waals surface area contributed by atoms with Crippen LogP contribution >= 0.6 is 14.8 Å². The molecule has 4 aromatic heterocycles. The Labute approximate surface area is 377 Å². The lowest BCUT2D eigenvalue weighted by Crippen LogP contribution is -2.37. The summed E-state index contributed by atoms with van der Waals surface area (Å²) < 4.78 is 58.8. The molecule has 6 rings (SSSR count). The van der Waals surface area contributed by atoms with Gasteiger partial charge in [-0.15, -0.1) is 0 Å². The molecule has 0 radical (unpaired) electrons. The third-order valence-electron chi connectivity index (χ3n) is 9.31. The highest BCUT2D eigenvalue weighted by molar-refractivity contribution is 7.61. The van der Waals surface area contributed by atoms with Crippen LogP contribution in [0.3, 0.4) is 0 Å². The highest BCUT2D eigenvalue weighted by atomic mass is 31.2. The maximum Gasteiger partial charge on any atom is 0.342 e. The van der Waals surface area contributed by atoms with E-state index < -0.39 is 38.8 Å². The number of nitrogens with one attached hydrogen (secondary N) is 2. The number of fused-ring (bicyclic) bond motifs is 2. The van der Waals surface area contributed by atoms with E-state index in [0.717, 1.165) is 5.56 Å². The molecular formula is C42H58N12O9P2. The van der Waals surface area contributed by atoms with Gasteiger partial charge in [0.15, 0.2) is 30.2 Å². The van der Waals surface area contributed by atoms with Crippen molar-refractivity contribution in [3.05, 3.63) is 91.5 Å². The van der Waals surface area contributed by atoms with E-state index in [1.165, 1.54) is 12.7 Å². The summed E-state index contributed by atoms with van der Waals surface area (Å²) in [4.78, 5) is 49.1. The molecule has 0 spiro atoms. The summed E-state index contributed by atoms with van der Waals surface area (Å²) >= 11 is 0. The number of anilines is 2. The Morgan fingerprint density at radius 2 is 1.18 bits per heavy atom. The van der Waals surface area contributed by atoms with Gasteiger partial charge in [0.1, 0.15) is 54.2 Å². The van der Waals surface area contributed by atoms with Crippen LogP contribution in [0.4, 0.5) is 11.6 Å². The maximum atomic E-state index is 13.8. The van der Waals surface area contributed by atoms with E-state index in [1.807, 2.05) is 54.8 Å². The molecule has 0 aliphatic rings. The monoisotopic (exact) mass is 936 g/mol. The number of hydrogen-bond donors (Lipinski definition) is 4. The zero-order chi connectivity index (χ0) is 47.1. The Morgan fingerprint density at radius 1 is 0.677 bits per heavy atom. The normalized spacial score (nSPS) is 15.2. The van der Waals surface area contributed by atoms with Gasteiger partial charge in [-0.2, -0.15) is 0 Å². The van der Waals surface area contributed by atoms with Gasteiger partial charge in [0, 0.05) is 6.16 Å². The second-order valence-corrected chi connectivity index (χ2v) is 20.1. The molecule has 1 unspecified atom stereocenters. The molecule has 2 aromatic carbocycles. The van der Waals surface area contributed by atoms with Crippen molar-refractivity contribution in [1.82, 2.24) is 49.2 Å². The fraction of sp³-hybridized carbons (Fsp3) is 0.429. The van der Waals surface area contributed by atoms with Crippen LogP contribution in [0.1, 0.15) is 54.0 Å². The number of rotatable bonds is 22. The Kier molecular flexibility index (Phi) is 18.1. The molecule has 6 N–H and O–H groups in total. The van der Waals surface area contributed by atoms with Crippen LogP contribution in [0, 0.1) is 0 Å². The first kappa shape index (κ1) is 50.2. The predicted molar refractivity (Wildman–Crippen MR) is 246 cm³/mol. The van der Waals surface area contributed by atoms with Crippen molar-refractivity contribution in [2.24, 2.45) is 0 Å². The maximum absolute atomic E-state index is 13.8. The van der Waals surface area contributed by atoms with Crippen molar-refractivity contribution in [3.63, 3.8) is 0 Å². The molecule has 0 saturated heterocycles. The highest BCUT2D eigenvalue weighted by Crippen LogP contribution is 2.46. The standard InChI is InChI=1S/C21H29N6O5P.C21H29N6O4P/c1-14(2)31-21(28)16(4)26-33(29,32-17-8-6-5-7-9-17)13-30-15(3)10-27-12-25-18-19(22)23-11-24-20(18)27;1-4-30-21(28)16(3)26-32(29,11-17-8-6-5-7-9-17)14-31-15(2)10-27-13-25-18-19(22)23-12-24-20(18)27/h5-9,11-12,14-16H,10,13H2,1-4H3,(H,26,29)(H2,22,23,24);5-9,12-13,15-16H,4,10-11,14H2,1-3H3,(H,26,29)(H2,22,23,24)/t15-,16+,33?;15-,16+,32-/m11/s1. The van der Waals surface area contributed by atoms with Crippen molar-refractivity contribution < 1.29 is 42.2 Å². The quantitative estimate of drug-likeness (QED) is 0.0465. The summed E-state index contributed by atoms with van der Waals surface area (Å²) in [7, 11) is -6.76. The van der Waals surface area contributed by atoms with Crippen LogP contribution in [-0.2, 0) is 56.9 Å². The molecule has 23 heteroatoms. The number of imidazole rings is 2. The lowest BCUT2D eigenvalue weighted by Gasteiger charge is -2.25. The number of nitrogen functional groups attached to an aromatic ring is 2. The third-order valence-corrected chi connectivity index (χ3v) is 13.4. The molecule has 0 bridgehead atoms. The van der Waals surface area contributed by atoms with E-state index in [0.29, 0.717) is 52.8 Å². The molecule has 21 nitrogen and oxygen atoms in total. The SMILES string of the molecule is CC(C)OC(=O)[C@H](C)NP(=O)(CO[C@H](C)Cn1cnc2c(N)ncnc21)Oc1ccccc1.CCOC(=O)[C@H](C)N[P@](=O)(CO[C@H](C)Cn1cnc2c(N)ncnc21)Cc1ccccc1. The minimum absolute atomic E-state index is 0.0451. The average Bonchev–Trinajstić information content (AvgIpc) is 3.88. The number of hydrogen-bond acceptors (Lipinski definition) is 17. The summed E-state index contributed by atoms with van der Waals surface area (Å²) in [6.07, 6.45) is 4.93. The number of benzene rings is 2. The van der Waals surface area contributed by atoms with Gasteiger partial charge in [0.2, 0.25) is 0 Å². The molecule has 0 fully saturated rings. The van der Waals surface area contributed by atoms with Crippen molar-refractivity contribution in [3.8, 4) is 5.75 Å². The Balaban J connectivity index is 0.000000244. The minimum Gasteiger partial charge on any atom is -0.465 e. The van der Waals surface area contributed by atoms with E-state index in [2.05, 4.69) is 40.1 Å². The zero-order valence-corrected chi connectivity index (χ0v) is 39.3. The molecule has 65 heavy (non-hydrogen) atoms.